The minimum atomic E-state index is -0.229. The molecule has 0 spiro atoms. The third-order valence-corrected chi connectivity index (χ3v) is 7.16. The van der Waals surface area contributed by atoms with Crippen LogP contribution >= 0.6 is 23.2 Å². The molecule has 1 aliphatic rings. The molecule has 0 radical (unpaired) electrons. The molecule has 5 rings (SSSR count). The first kappa shape index (κ1) is 22.9. The lowest BCUT2D eigenvalue weighted by atomic mass is 9.97. The van der Waals surface area contributed by atoms with Crippen LogP contribution in [-0.2, 0) is 19.5 Å². The van der Waals surface area contributed by atoms with E-state index < -0.39 is 0 Å². The molecule has 3 aromatic carbocycles. The van der Waals surface area contributed by atoms with E-state index in [0.717, 1.165) is 34.5 Å². The molecule has 0 bridgehead atoms. The lowest BCUT2D eigenvalue weighted by Gasteiger charge is -2.30. The van der Waals surface area contributed by atoms with E-state index in [-0.39, 0.29) is 11.6 Å². The largest absolute Gasteiger partial charge is 0.293 e. The lowest BCUT2D eigenvalue weighted by molar-refractivity contribution is 0.239. The van der Waals surface area contributed by atoms with Gasteiger partial charge in [-0.15, -0.1) is 0 Å². The van der Waals surface area contributed by atoms with Crippen molar-refractivity contribution in [3.63, 3.8) is 0 Å². The van der Waals surface area contributed by atoms with Crippen LogP contribution in [0, 0.1) is 6.92 Å². The zero-order valence-electron chi connectivity index (χ0n) is 18.9. The van der Waals surface area contributed by atoms with Crippen molar-refractivity contribution >= 4 is 23.2 Å². The van der Waals surface area contributed by atoms with Gasteiger partial charge in [-0.3, -0.25) is 14.3 Å². The van der Waals surface area contributed by atoms with Gasteiger partial charge in [0.15, 0.2) is 0 Å². The van der Waals surface area contributed by atoms with Crippen LogP contribution in [0.15, 0.2) is 83.7 Å². The van der Waals surface area contributed by atoms with Crippen LogP contribution in [0.1, 0.15) is 39.8 Å². The molecule has 0 unspecified atom stereocenters. The van der Waals surface area contributed by atoms with E-state index >= 15 is 0 Å². The van der Waals surface area contributed by atoms with Crippen molar-refractivity contribution in [2.24, 2.45) is 0 Å². The summed E-state index contributed by atoms with van der Waals surface area (Å²) in [4.78, 5) is 21.0. The van der Waals surface area contributed by atoms with Gasteiger partial charge in [0.1, 0.15) is 5.82 Å². The number of halogens is 2. The lowest BCUT2D eigenvalue weighted by Crippen LogP contribution is -2.39. The van der Waals surface area contributed by atoms with Gasteiger partial charge in [0, 0.05) is 40.8 Å². The SMILES string of the molecule is Cc1nc2c(c(=O)n1C(c1ccccc1)c1ccccc1)CCN(Cc1c(Cl)cccc1Cl)C2. The number of hydrogen-bond donors (Lipinski definition) is 0. The Kier molecular flexibility index (Phi) is 6.55. The fourth-order valence-electron chi connectivity index (χ4n) is 4.78. The summed E-state index contributed by atoms with van der Waals surface area (Å²) in [7, 11) is 0. The van der Waals surface area contributed by atoms with Crippen LogP contribution in [0.5, 0.6) is 0 Å². The van der Waals surface area contributed by atoms with Gasteiger partial charge < -0.3 is 0 Å². The molecule has 6 heteroatoms. The Hall–Kier alpha value is -2.92. The van der Waals surface area contributed by atoms with Gasteiger partial charge in [-0.25, -0.2) is 4.98 Å². The maximum Gasteiger partial charge on any atom is 0.257 e. The predicted molar refractivity (Wildman–Crippen MR) is 138 cm³/mol. The molecule has 172 valence electrons. The number of aryl methyl sites for hydroxylation is 1. The van der Waals surface area contributed by atoms with Crippen molar-refractivity contribution in [1.29, 1.82) is 0 Å². The Morgan fingerprint density at radius 2 is 1.47 bits per heavy atom. The van der Waals surface area contributed by atoms with Crippen molar-refractivity contribution in [2.75, 3.05) is 6.54 Å². The second-order valence-electron chi connectivity index (χ2n) is 8.64. The fourth-order valence-corrected chi connectivity index (χ4v) is 5.30. The average Bonchev–Trinajstić information content (AvgIpc) is 2.85. The number of rotatable bonds is 5. The first-order valence-electron chi connectivity index (χ1n) is 11.4. The number of aromatic nitrogens is 2. The van der Waals surface area contributed by atoms with Gasteiger partial charge in [-0.2, -0.15) is 0 Å². The Labute approximate surface area is 209 Å². The van der Waals surface area contributed by atoms with E-state index in [1.54, 1.807) is 0 Å². The van der Waals surface area contributed by atoms with Gasteiger partial charge in [0.2, 0.25) is 0 Å². The van der Waals surface area contributed by atoms with Crippen molar-refractivity contribution < 1.29 is 0 Å². The van der Waals surface area contributed by atoms with E-state index in [1.165, 1.54) is 0 Å². The molecule has 0 amide bonds. The zero-order valence-corrected chi connectivity index (χ0v) is 20.4. The van der Waals surface area contributed by atoms with Gasteiger partial charge in [-0.1, -0.05) is 89.9 Å². The topological polar surface area (TPSA) is 38.1 Å². The standard InChI is InChI=1S/C28H25Cl2N3O/c1-19-31-26-18-32(17-23-24(29)13-8-14-25(23)30)16-15-22(26)28(34)33(19)27(20-9-4-2-5-10-20)21-11-6-3-7-12-21/h2-14,27H,15-18H2,1H3. The third-order valence-electron chi connectivity index (χ3n) is 6.45. The van der Waals surface area contributed by atoms with Crippen molar-refractivity contribution in [2.45, 2.75) is 32.5 Å². The highest BCUT2D eigenvalue weighted by molar-refractivity contribution is 6.35. The highest BCUT2D eigenvalue weighted by atomic mass is 35.5. The Bertz CT molecular complexity index is 1310. The highest BCUT2D eigenvalue weighted by Crippen LogP contribution is 2.29. The van der Waals surface area contributed by atoms with E-state index in [2.05, 4.69) is 29.2 Å². The predicted octanol–water partition coefficient (Wildman–Crippen LogP) is 6.05. The third kappa shape index (κ3) is 4.41. The molecular weight excluding hydrogens is 465 g/mol. The molecular formula is C28H25Cl2N3O. The number of benzene rings is 3. The molecule has 0 saturated carbocycles. The molecule has 0 fully saturated rings. The molecule has 0 saturated heterocycles. The summed E-state index contributed by atoms with van der Waals surface area (Å²) in [6.45, 7) is 3.88. The van der Waals surface area contributed by atoms with Crippen LogP contribution in [0.4, 0.5) is 0 Å². The number of fused-ring (bicyclic) bond motifs is 1. The van der Waals surface area contributed by atoms with Crippen molar-refractivity contribution in [3.8, 4) is 0 Å². The summed E-state index contributed by atoms with van der Waals surface area (Å²) in [5.74, 6) is 0.707. The van der Waals surface area contributed by atoms with Gasteiger partial charge in [-0.05, 0) is 36.6 Å². The average molecular weight is 490 g/mol. The summed E-state index contributed by atoms with van der Waals surface area (Å²) >= 11 is 12.8. The van der Waals surface area contributed by atoms with Gasteiger partial charge >= 0.3 is 0 Å². The van der Waals surface area contributed by atoms with Crippen molar-refractivity contribution in [1.82, 2.24) is 14.5 Å². The second kappa shape index (κ2) is 9.75. The Morgan fingerprint density at radius 3 is 2.06 bits per heavy atom. The number of hydrogen-bond acceptors (Lipinski definition) is 3. The smallest absolute Gasteiger partial charge is 0.257 e. The van der Waals surface area contributed by atoms with E-state index in [1.807, 2.05) is 66.1 Å². The Morgan fingerprint density at radius 1 is 0.882 bits per heavy atom. The molecule has 4 nitrogen and oxygen atoms in total. The monoisotopic (exact) mass is 489 g/mol. The molecule has 1 aliphatic heterocycles. The summed E-state index contributed by atoms with van der Waals surface area (Å²) in [5.41, 5.74) is 4.71. The quantitative estimate of drug-likeness (QED) is 0.342. The van der Waals surface area contributed by atoms with Crippen LogP contribution in [-0.4, -0.2) is 21.0 Å². The second-order valence-corrected chi connectivity index (χ2v) is 9.46. The maximum atomic E-state index is 13.9. The molecule has 0 aliphatic carbocycles. The minimum absolute atomic E-state index is 0.0376. The molecule has 4 aromatic rings. The zero-order chi connectivity index (χ0) is 23.7. The first-order valence-corrected chi connectivity index (χ1v) is 12.1. The van der Waals surface area contributed by atoms with Crippen molar-refractivity contribution in [3.05, 3.63) is 133 Å². The molecule has 2 heterocycles. The van der Waals surface area contributed by atoms with Crippen LogP contribution < -0.4 is 5.56 Å². The maximum absolute atomic E-state index is 13.9. The van der Waals surface area contributed by atoms with E-state index in [4.69, 9.17) is 28.2 Å². The molecule has 34 heavy (non-hydrogen) atoms. The molecule has 0 atom stereocenters. The molecule has 0 N–H and O–H groups in total. The molecule has 1 aromatic heterocycles. The minimum Gasteiger partial charge on any atom is -0.293 e. The Balaban J connectivity index is 1.53. The normalized spacial score (nSPS) is 13.8. The summed E-state index contributed by atoms with van der Waals surface area (Å²) in [5, 5.41) is 1.32. The van der Waals surface area contributed by atoms with Crippen LogP contribution in [0.2, 0.25) is 10.0 Å². The van der Waals surface area contributed by atoms with E-state index in [9.17, 15) is 4.79 Å². The first-order chi connectivity index (χ1) is 16.5. The van der Waals surface area contributed by atoms with Crippen LogP contribution in [0.3, 0.4) is 0 Å². The highest BCUT2D eigenvalue weighted by Gasteiger charge is 2.27. The summed E-state index contributed by atoms with van der Waals surface area (Å²) in [6, 6.07) is 25.6. The fraction of sp³-hybridized carbons (Fsp3) is 0.214. The number of nitrogens with zero attached hydrogens (tertiary/aromatic N) is 3. The van der Waals surface area contributed by atoms with Crippen LogP contribution in [0.25, 0.3) is 0 Å². The summed E-state index contributed by atoms with van der Waals surface area (Å²) in [6.07, 6.45) is 0.639. The summed E-state index contributed by atoms with van der Waals surface area (Å²) < 4.78 is 1.85. The van der Waals surface area contributed by atoms with E-state index in [0.29, 0.717) is 35.4 Å². The van der Waals surface area contributed by atoms with Gasteiger partial charge in [0.25, 0.3) is 5.56 Å². The van der Waals surface area contributed by atoms with Gasteiger partial charge in [0.05, 0.1) is 11.7 Å².